The normalized spacial score (nSPS) is 21.1. The number of amides is 1. The molecule has 0 unspecified atom stereocenters. The minimum Gasteiger partial charge on any atom is -1.00 e. The molecule has 2 aromatic carbocycles. The van der Waals surface area contributed by atoms with Crippen LogP contribution in [0.2, 0.25) is 0 Å². The molecule has 1 saturated carbocycles. The summed E-state index contributed by atoms with van der Waals surface area (Å²) in [6, 6.07) is 14.4. The molecule has 2 aromatic rings. The van der Waals surface area contributed by atoms with Crippen LogP contribution in [0, 0.1) is 12.8 Å². The van der Waals surface area contributed by atoms with E-state index in [-0.39, 0.29) is 99.2 Å². The van der Waals surface area contributed by atoms with Crippen molar-refractivity contribution >= 4 is 13.7 Å². The van der Waals surface area contributed by atoms with Crippen molar-refractivity contribution in [3.8, 4) is 11.5 Å². The maximum Gasteiger partial charge on any atom is 1.00 e. The Kier molecular flexibility index (Phi) is 13.0. The summed E-state index contributed by atoms with van der Waals surface area (Å²) in [4.78, 5) is 29.6. The third kappa shape index (κ3) is 9.12. The first-order valence-electron chi connectivity index (χ1n) is 11.8. The monoisotopic (exact) mass is 537 g/mol. The van der Waals surface area contributed by atoms with Crippen LogP contribution in [0.4, 0.5) is 0 Å². The average molecular weight is 538 g/mol. The summed E-state index contributed by atoms with van der Waals surface area (Å²) in [5.41, 5.74) is 3.64. The van der Waals surface area contributed by atoms with Crippen molar-refractivity contribution in [2.75, 3.05) is 13.2 Å². The molecule has 36 heavy (non-hydrogen) atoms. The third-order valence-corrected chi connectivity index (χ3v) is 7.04. The summed E-state index contributed by atoms with van der Waals surface area (Å²) in [5, 5.41) is 2.68. The van der Waals surface area contributed by atoms with Gasteiger partial charge in [0.15, 0.2) is 0 Å². The van der Waals surface area contributed by atoms with Crippen LogP contribution in [0.5, 0.6) is 11.5 Å². The fourth-order valence-corrected chi connectivity index (χ4v) is 5.05. The SMILES string of the molecule is Cc1ccccc1[C@@H]1CCc2cc(OC3CCC(C(=O)NCCOP(=O)(O)O)CC3)ccc2O1.[H-].[H-].[Na+].[Na+]. The van der Waals surface area contributed by atoms with E-state index >= 15 is 0 Å². The molecule has 1 atom stereocenters. The molecule has 0 spiro atoms. The van der Waals surface area contributed by atoms with E-state index in [1.54, 1.807) is 0 Å². The summed E-state index contributed by atoms with van der Waals surface area (Å²) in [5.74, 6) is 1.52. The smallest absolute Gasteiger partial charge is 1.00 e. The Labute approximate surface area is 259 Å². The van der Waals surface area contributed by atoms with Crippen LogP contribution in [0.1, 0.15) is 57.8 Å². The minimum absolute atomic E-state index is 0. The number of hydrogen-bond donors (Lipinski definition) is 3. The topological polar surface area (TPSA) is 114 Å². The van der Waals surface area contributed by atoms with Crippen molar-refractivity contribution < 1.29 is 95.1 Å². The second kappa shape index (κ2) is 14.7. The minimum atomic E-state index is -4.50. The number of hydrogen-bond acceptors (Lipinski definition) is 5. The molecule has 0 radical (unpaired) electrons. The number of phosphoric ester groups is 1. The number of nitrogens with one attached hydrogen (secondary N) is 1. The molecule has 0 saturated heterocycles. The van der Waals surface area contributed by atoms with Gasteiger partial charge in [-0.3, -0.25) is 9.32 Å². The fourth-order valence-electron chi connectivity index (χ4n) is 4.72. The van der Waals surface area contributed by atoms with Gasteiger partial charge in [-0.2, -0.15) is 0 Å². The van der Waals surface area contributed by atoms with Crippen molar-refractivity contribution in [2.45, 2.75) is 57.7 Å². The second-order valence-corrected chi connectivity index (χ2v) is 10.2. The number of ether oxygens (including phenoxy) is 2. The van der Waals surface area contributed by atoms with E-state index in [2.05, 4.69) is 41.0 Å². The molecule has 8 nitrogen and oxygen atoms in total. The summed E-state index contributed by atoms with van der Waals surface area (Å²) in [6.45, 7) is 1.97. The van der Waals surface area contributed by atoms with Crippen molar-refractivity contribution in [1.29, 1.82) is 0 Å². The first kappa shape index (κ1) is 31.8. The first-order chi connectivity index (χ1) is 16.3. The zero-order valence-electron chi connectivity index (χ0n) is 23.3. The first-order valence-corrected chi connectivity index (χ1v) is 13.3. The van der Waals surface area contributed by atoms with E-state index in [4.69, 9.17) is 19.3 Å². The number of phosphoric acid groups is 1. The van der Waals surface area contributed by atoms with Gasteiger partial charge < -0.3 is 27.4 Å². The van der Waals surface area contributed by atoms with Gasteiger partial charge in [0.25, 0.3) is 0 Å². The zero-order valence-corrected chi connectivity index (χ0v) is 26.2. The number of fused-ring (bicyclic) bond motifs is 1. The van der Waals surface area contributed by atoms with E-state index < -0.39 is 7.82 Å². The summed E-state index contributed by atoms with van der Waals surface area (Å²) < 4.78 is 27.5. The molecule has 0 aromatic heterocycles. The van der Waals surface area contributed by atoms with Crippen LogP contribution in [0.3, 0.4) is 0 Å². The Hall–Kier alpha value is -0.380. The molecular weight excluding hydrogens is 503 g/mol. The predicted octanol–water partition coefficient (Wildman–Crippen LogP) is -1.54. The number of carbonyl (C=O) groups is 1. The Bertz CT molecular complexity index is 1070. The Morgan fingerprint density at radius 2 is 1.83 bits per heavy atom. The van der Waals surface area contributed by atoms with Gasteiger partial charge in [0, 0.05) is 12.5 Å². The van der Waals surface area contributed by atoms with Crippen LogP contribution < -0.4 is 73.9 Å². The van der Waals surface area contributed by atoms with Gasteiger partial charge in [0.05, 0.1) is 12.7 Å². The fraction of sp³-hybridized carbons (Fsp3) is 0.480. The molecule has 11 heteroatoms. The van der Waals surface area contributed by atoms with Crippen LogP contribution in [0.15, 0.2) is 42.5 Å². The van der Waals surface area contributed by atoms with Crippen molar-refractivity contribution in [3.05, 3.63) is 59.2 Å². The van der Waals surface area contributed by atoms with Crippen LogP contribution in [0.25, 0.3) is 0 Å². The molecule has 1 heterocycles. The van der Waals surface area contributed by atoms with Crippen LogP contribution >= 0.6 is 7.82 Å². The van der Waals surface area contributed by atoms with E-state index in [0.29, 0.717) is 12.8 Å². The summed E-state index contributed by atoms with van der Waals surface area (Å²) >= 11 is 0. The molecule has 1 fully saturated rings. The van der Waals surface area contributed by atoms with E-state index in [9.17, 15) is 9.36 Å². The summed E-state index contributed by atoms with van der Waals surface area (Å²) in [7, 11) is -4.50. The van der Waals surface area contributed by atoms with Gasteiger partial charge in [-0.1, -0.05) is 24.3 Å². The number of carbonyl (C=O) groups excluding carboxylic acids is 1. The van der Waals surface area contributed by atoms with Gasteiger partial charge in [-0.25, -0.2) is 4.57 Å². The van der Waals surface area contributed by atoms with Crippen molar-refractivity contribution in [3.63, 3.8) is 0 Å². The van der Waals surface area contributed by atoms with Crippen LogP contribution in [-0.4, -0.2) is 34.9 Å². The third-order valence-electron chi connectivity index (χ3n) is 6.52. The zero-order chi connectivity index (χ0) is 24.1. The molecular formula is C25H34NNa2O7P. The van der Waals surface area contributed by atoms with Crippen molar-refractivity contribution in [2.24, 2.45) is 5.92 Å². The Balaban J connectivity index is 0.00000342. The van der Waals surface area contributed by atoms with Gasteiger partial charge >= 0.3 is 66.9 Å². The molecule has 2 aliphatic rings. The quantitative estimate of drug-likeness (QED) is 0.213. The van der Waals surface area contributed by atoms with Crippen LogP contribution in [-0.2, 0) is 20.3 Å². The molecule has 1 aliphatic heterocycles. The number of rotatable bonds is 8. The van der Waals surface area contributed by atoms with Gasteiger partial charge in [0.1, 0.15) is 17.6 Å². The van der Waals surface area contributed by atoms with Gasteiger partial charge in [0.2, 0.25) is 5.91 Å². The molecule has 1 amide bonds. The maximum absolute atomic E-state index is 12.3. The van der Waals surface area contributed by atoms with Gasteiger partial charge in [-0.15, -0.1) is 0 Å². The number of benzene rings is 2. The summed E-state index contributed by atoms with van der Waals surface area (Å²) in [6.07, 6.45) is 4.98. The van der Waals surface area contributed by atoms with Gasteiger partial charge in [-0.05, 0) is 80.3 Å². The molecule has 0 bridgehead atoms. The Morgan fingerprint density at radius 1 is 1.11 bits per heavy atom. The Morgan fingerprint density at radius 3 is 2.53 bits per heavy atom. The van der Waals surface area contributed by atoms with E-state index in [1.165, 1.54) is 11.1 Å². The largest absolute Gasteiger partial charge is 1.00 e. The molecule has 188 valence electrons. The average Bonchev–Trinajstić information content (AvgIpc) is 2.81. The molecule has 3 N–H and O–H groups in total. The standard InChI is InChI=1S/C25H32NO7P.2Na.2H/c1-17-4-2-3-5-22(17)24-12-8-19-16-21(11-13-23(19)33-24)32-20-9-6-18(7-10-20)25(27)26-14-15-31-34(28,29)30;;;;/h2-5,11,13,16,18,20,24H,6-10,12,14-15H2,1H3,(H,26,27)(H2,28,29,30);;;;/q;2*+1;2*-1/t18?,20?,24-;;;;/m0..../s1. The van der Waals surface area contributed by atoms with Crippen molar-refractivity contribution in [1.82, 2.24) is 5.32 Å². The second-order valence-electron chi connectivity index (χ2n) is 8.98. The maximum atomic E-state index is 12.3. The molecule has 4 rings (SSSR count). The van der Waals surface area contributed by atoms with E-state index in [1.807, 2.05) is 18.2 Å². The molecule has 1 aliphatic carbocycles. The predicted molar refractivity (Wildman–Crippen MR) is 129 cm³/mol. The number of aryl methyl sites for hydroxylation is 2. The van der Waals surface area contributed by atoms with E-state index in [0.717, 1.165) is 42.7 Å².